The molecule has 0 radical (unpaired) electrons. The molecule has 0 aliphatic rings. The van der Waals surface area contributed by atoms with Crippen LogP contribution < -0.4 is 5.32 Å². The Kier molecular flexibility index (Phi) is 3.88. The van der Waals surface area contributed by atoms with E-state index in [1.165, 1.54) is 6.08 Å². The number of benzene rings is 1. The van der Waals surface area contributed by atoms with E-state index in [2.05, 4.69) is 10.3 Å². The van der Waals surface area contributed by atoms with Crippen molar-refractivity contribution >= 4 is 33.5 Å². The highest BCUT2D eigenvalue weighted by atomic mass is 32.1. The first kappa shape index (κ1) is 11.8. The third-order valence-electron chi connectivity index (χ3n) is 2.24. The van der Waals surface area contributed by atoms with Gasteiger partial charge < -0.3 is 5.32 Å². The third kappa shape index (κ3) is 3.14. The first-order valence-corrected chi connectivity index (χ1v) is 6.42. The van der Waals surface area contributed by atoms with E-state index < -0.39 is 0 Å². The second kappa shape index (κ2) is 5.59. The number of thiazole rings is 1. The molecule has 1 N–H and O–H groups in total. The summed E-state index contributed by atoms with van der Waals surface area (Å²) in [6.45, 7) is 2.74. The van der Waals surface area contributed by atoms with Crippen LogP contribution in [0.1, 0.15) is 18.4 Å². The molecule has 1 aromatic heterocycles. The Bertz CT molecular complexity index is 512. The zero-order valence-electron chi connectivity index (χ0n) is 9.64. The molecule has 1 aromatic carbocycles. The van der Waals surface area contributed by atoms with Crippen LogP contribution in [0.3, 0.4) is 0 Å². The maximum absolute atomic E-state index is 11.4. The summed E-state index contributed by atoms with van der Waals surface area (Å²) >= 11 is 1.59. The molecule has 0 fully saturated rings. The molecule has 0 aliphatic heterocycles. The van der Waals surface area contributed by atoms with Gasteiger partial charge in [-0.1, -0.05) is 19.1 Å². The molecule has 0 spiro atoms. The summed E-state index contributed by atoms with van der Waals surface area (Å²) in [5.41, 5.74) is 0.978. The minimum absolute atomic E-state index is 0.0638. The monoisotopic (exact) mass is 246 g/mol. The number of hydrogen-bond acceptors (Lipinski definition) is 3. The van der Waals surface area contributed by atoms with Crippen LogP contribution in [0.4, 0.5) is 0 Å². The van der Waals surface area contributed by atoms with Crippen molar-refractivity contribution in [3.8, 4) is 0 Å². The summed E-state index contributed by atoms with van der Waals surface area (Å²) in [6.07, 6.45) is 4.24. The van der Waals surface area contributed by atoms with E-state index in [1.54, 1.807) is 17.4 Å². The van der Waals surface area contributed by atoms with Crippen molar-refractivity contribution in [3.05, 3.63) is 35.3 Å². The minimum Gasteiger partial charge on any atom is -0.353 e. The summed E-state index contributed by atoms with van der Waals surface area (Å²) in [5, 5.41) is 3.65. The van der Waals surface area contributed by atoms with Crippen LogP contribution in [0.5, 0.6) is 0 Å². The molecule has 0 saturated carbocycles. The number of nitrogens with zero attached hydrogens (tertiary/aromatic N) is 1. The number of hydrogen-bond donors (Lipinski definition) is 1. The average molecular weight is 246 g/mol. The first-order chi connectivity index (χ1) is 8.29. The van der Waals surface area contributed by atoms with Crippen LogP contribution in [0, 0.1) is 0 Å². The van der Waals surface area contributed by atoms with E-state index in [4.69, 9.17) is 0 Å². The molecule has 0 atom stereocenters. The topological polar surface area (TPSA) is 42.0 Å². The molecule has 0 saturated heterocycles. The lowest BCUT2D eigenvalue weighted by Gasteiger charge is -1.96. The maximum Gasteiger partial charge on any atom is 0.244 e. The van der Waals surface area contributed by atoms with Gasteiger partial charge in [0, 0.05) is 12.6 Å². The predicted molar refractivity (Wildman–Crippen MR) is 72.0 cm³/mol. The van der Waals surface area contributed by atoms with Gasteiger partial charge in [-0.15, -0.1) is 11.3 Å². The smallest absolute Gasteiger partial charge is 0.244 e. The van der Waals surface area contributed by atoms with Gasteiger partial charge in [0.15, 0.2) is 0 Å². The number of nitrogens with one attached hydrogen (secondary N) is 1. The quantitative estimate of drug-likeness (QED) is 0.843. The molecule has 0 bridgehead atoms. The Morgan fingerprint density at radius 1 is 1.47 bits per heavy atom. The Morgan fingerprint density at radius 3 is 3.06 bits per heavy atom. The maximum atomic E-state index is 11.4. The van der Waals surface area contributed by atoms with Gasteiger partial charge in [0.25, 0.3) is 0 Å². The van der Waals surface area contributed by atoms with E-state index in [-0.39, 0.29) is 5.91 Å². The molecular formula is C13H14N2OS. The van der Waals surface area contributed by atoms with E-state index in [1.807, 2.05) is 31.2 Å². The second-order valence-corrected chi connectivity index (χ2v) is 4.71. The third-order valence-corrected chi connectivity index (χ3v) is 3.24. The molecule has 1 amide bonds. The fourth-order valence-electron chi connectivity index (χ4n) is 1.42. The summed E-state index contributed by atoms with van der Waals surface area (Å²) in [6, 6.07) is 7.95. The molecule has 3 nitrogen and oxygen atoms in total. The standard InChI is InChI=1S/C13H14N2OS/c1-2-9-14-12(16)7-8-13-15-10-5-3-4-6-11(10)17-13/h3-8H,2,9H2,1H3,(H,14,16)/b8-7+. The Morgan fingerprint density at radius 2 is 2.29 bits per heavy atom. The van der Waals surface area contributed by atoms with Crippen molar-refractivity contribution < 1.29 is 4.79 Å². The summed E-state index contributed by atoms with van der Waals surface area (Å²) in [5.74, 6) is -0.0638. The summed E-state index contributed by atoms with van der Waals surface area (Å²) < 4.78 is 1.14. The number of rotatable bonds is 4. The normalized spacial score (nSPS) is 11.1. The highest BCUT2D eigenvalue weighted by molar-refractivity contribution is 7.19. The summed E-state index contributed by atoms with van der Waals surface area (Å²) in [7, 11) is 0. The Balaban J connectivity index is 2.07. The Hall–Kier alpha value is -1.68. The SMILES string of the molecule is CCCNC(=O)/C=C/c1nc2ccccc2s1. The van der Waals surface area contributed by atoms with Crippen LogP contribution in [0.25, 0.3) is 16.3 Å². The van der Waals surface area contributed by atoms with Crippen molar-refractivity contribution in [3.63, 3.8) is 0 Å². The van der Waals surface area contributed by atoms with Crippen LogP contribution in [0.15, 0.2) is 30.3 Å². The van der Waals surface area contributed by atoms with E-state index in [9.17, 15) is 4.79 Å². The van der Waals surface area contributed by atoms with Crippen LogP contribution in [-0.4, -0.2) is 17.4 Å². The number of para-hydroxylation sites is 1. The number of carbonyl (C=O) groups is 1. The number of fused-ring (bicyclic) bond motifs is 1. The van der Waals surface area contributed by atoms with Crippen molar-refractivity contribution in [2.45, 2.75) is 13.3 Å². The van der Waals surface area contributed by atoms with Gasteiger partial charge in [-0.25, -0.2) is 4.98 Å². The van der Waals surface area contributed by atoms with Gasteiger partial charge in [0.2, 0.25) is 5.91 Å². The van der Waals surface area contributed by atoms with Crippen molar-refractivity contribution in [2.24, 2.45) is 0 Å². The number of carbonyl (C=O) groups excluding carboxylic acids is 1. The lowest BCUT2D eigenvalue weighted by Crippen LogP contribution is -2.21. The fraction of sp³-hybridized carbons (Fsp3) is 0.231. The molecule has 1 heterocycles. The lowest BCUT2D eigenvalue weighted by molar-refractivity contribution is -0.116. The highest BCUT2D eigenvalue weighted by Gasteiger charge is 2.00. The van der Waals surface area contributed by atoms with Gasteiger partial charge in [-0.05, 0) is 24.6 Å². The van der Waals surface area contributed by atoms with Gasteiger partial charge >= 0.3 is 0 Å². The number of amides is 1. The lowest BCUT2D eigenvalue weighted by atomic mass is 10.3. The van der Waals surface area contributed by atoms with E-state index in [0.29, 0.717) is 6.54 Å². The molecule has 0 aliphatic carbocycles. The molecule has 88 valence electrons. The molecule has 17 heavy (non-hydrogen) atoms. The highest BCUT2D eigenvalue weighted by Crippen LogP contribution is 2.22. The van der Waals surface area contributed by atoms with Gasteiger partial charge in [-0.3, -0.25) is 4.79 Å². The van der Waals surface area contributed by atoms with Crippen molar-refractivity contribution in [1.82, 2.24) is 10.3 Å². The first-order valence-electron chi connectivity index (χ1n) is 5.61. The molecule has 2 rings (SSSR count). The fourth-order valence-corrected chi connectivity index (χ4v) is 2.29. The average Bonchev–Trinajstić information content (AvgIpc) is 2.76. The van der Waals surface area contributed by atoms with Gasteiger partial charge in [-0.2, -0.15) is 0 Å². The molecular weight excluding hydrogens is 232 g/mol. The second-order valence-electron chi connectivity index (χ2n) is 3.64. The van der Waals surface area contributed by atoms with Gasteiger partial charge in [0.05, 0.1) is 10.2 Å². The molecule has 2 aromatic rings. The van der Waals surface area contributed by atoms with E-state index >= 15 is 0 Å². The van der Waals surface area contributed by atoms with E-state index in [0.717, 1.165) is 21.6 Å². The Labute approximate surface area is 104 Å². The number of aromatic nitrogens is 1. The minimum atomic E-state index is -0.0638. The molecule has 4 heteroatoms. The van der Waals surface area contributed by atoms with Crippen LogP contribution in [0.2, 0.25) is 0 Å². The van der Waals surface area contributed by atoms with Gasteiger partial charge in [0.1, 0.15) is 5.01 Å². The zero-order chi connectivity index (χ0) is 12.1. The summed E-state index contributed by atoms with van der Waals surface area (Å²) in [4.78, 5) is 15.8. The molecule has 0 unspecified atom stereocenters. The zero-order valence-corrected chi connectivity index (χ0v) is 10.5. The largest absolute Gasteiger partial charge is 0.353 e. The van der Waals surface area contributed by atoms with Crippen molar-refractivity contribution in [1.29, 1.82) is 0 Å². The van der Waals surface area contributed by atoms with Crippen LogP contribution >= 0.6 is 11.3 Å². The predicted octanol–water partition coefficient (Wildman–Crippen LogP) is 2.84. The van der Waals surface area contributed by atoms with Crippen molar-refractivity contribution in [2.75, 3.05) is 6.54 Å². The van der Waals surface area contributed by atoms with Crippen LogP contribution in [-0.2, 0) is 4.79 Å².